The first-order valence-electron chi connectivity index (χ1n) is 7.57. The molecular formula is C19H17ClN2O3. The number of rotatable bonds is 6. The van der Waals surface area contributed by atoms with Gasteiger partial charge in [0.05, 0.1) is 13.7 Å². The van der Waals surface area contributed by atoms with Crippen LogP contribution >= 0.6 is 11.6 Å². The number of nitrogens with zero attached hydrogens (tertiary/aromatic N) is 1. The highest BCUT2D eigenvalue weighted by atomic mass is 35.5. The van der Waals surface area contributed by atoms with Crippen LogP contribution in [0.25, 0.3) is 6.08 Å². The van der Waals surface area contributed by atoms with Crippen molar-refractivity contribution in [1.29, 1.82) is 5.26 Å². The van der Waals surface area contributed by atoms with Crippen molar-refractivity contribution >= 4 is 29.3 Å². The molecule has 0 aliphatic rings. The van der Waals surface area contributed by atoms with Gasteiger partial charge >= 0.3 is 0 Å². The van der Waals surface area contributed by atoms with Gasteiger partial charge in [0.2, 0.25) is 0 Å². The maximum Gasteiger partial charge on any atom is 0.266 e. The van der Waals surface area contributed by atoms with Gasteiger partial charge in [-0.05, 0) is 48.9 Å². The molecule has 128 valence electrons. The van der Waals surface area contributed by atoms with Gasteiger partial charge in [0.15, 0.2) is 11.5 Å². The van der Waals surface area contributed by atoms with E-state index in [0.717, 1.165) is 0 Å². The number of nitrogens with one attached hydrogen (secondary N) is 1. The quantitative estimate of drug-likeness (QED) is 0.619. The number of nitriles is 1. The van der Waals surface area contributed by atoms with Gasteiger partial charge in [0.1, 0.15) is 11.6 Å². The largest absolute Gasteiger partial charge is 0.493 e. The summed E-state index contributed by atoms with van der Waals surface area (Å²) in [6, 6.07) is 13.8. The van der Waals surface area contributed by atoms with Gasteiger partial charge in [0.25, 0.3) is 5.91 Å². The van der Waals surface area contributed by atoms with E-state index in [1.807, 2.05) is 13.0 Å². The van der Waals surface area contributed by atoms with Crippen molar-refractivity contribution in [3.05, 3.63) is 58.6 Å². The first-order chi connectivity index (χ1) is 12.1. The minimum absolute atomic E-state index is 0.0359. The Morgan fingerprint density at radius 1 is 1.28 bits per heavy atom. The SMILES string of the molecule is CCOc1ccc(/C=C(\C#N)C(=O)Nc2cccc(Cl)c2)cc1OC. The maximum atomic E-state index is 12.3. The smallest absolute Gasteiger partial charge is 0.266 e. The van der Waals surface area contributed by atoms with Gasteiger partial charge in [-0.2, -0.15) is 5.26 Å². The molecule has 0 heterocycles. The Kier molecular flexibility index (Phi) is 6.44. The highest BCUT2D eigenvalue weighted by Crippen LogP contribution is 2.29. The molecule has 0 saturated heterocycles. The van der Waals surface area contributed by atoms with E-state index < -0.39 is 5.91 Å². The summed E-state index contributed by atoms with van der Waals surface area (Å²) in [7, 11) is 1.53. The van der Waals surface area contributed by atoms with Crippen molar-refractivity contribution in [1.82, 2.24) is 0 Å². The number of benzene rings is 2. The molecule has 1 N–H and O–H groups in total. The van der Waals surface area contributed by atoms with Crippen molar-refractivity contribution < 1.29 is 14.3 Å². The number of hydrogen-bond donors (Lipinski definition) is 1. The van der Waals surface area contributed by atoms with E-state index in [4.69, 9.17) is 21.1 Å². The number of anilines is 1. The van der Waals surface area contributed by atoms with Crippen molar-refractivity contribution in [3.63, 3.8) is 0 Å². The summed E-state index contributed by atoms with van der Waals surface area (Å²) >= 11 is 5.89. The van der Waals surface area contributed by atoms with Gasteiger partial charge in [-0.3, -0.25) is 4.79 Å². The number of carbonyl (C=O) groups excluding carboxylic acids is 1. The Morgan fingerprint density at radius 2 is 2.08 bits per heavy atom. The minimum Gasteiger partial charge on any atom is -0.493 e. The third-order valence-electron chi connectivity index (χ3n) is 3.25. The Labute approximate surface area is 151 Å². The van der Waals surface area contributed by atoms with E-state index in [2.05, 4.69) is 5.32 Å². The monoisotopic (exact) mass is 356 g/mol. The molecule has 0 bridgehead atoms. The highest BCUT2D eigenvalue weighted by molar-refractivity contribution is 6.31. The van der Waals surface area contributed by atoms with E-state index in [1.165, 1.54) is 13.2 Å². The molecule has 0 atom stereocenters. The first kappa shape index (κ1) is 18.4. The average Bonchev–Trinajstić information content (AvgIpc) is 2.60. The Balaban J connectivity index is 2.24. The fourth-order valence-electron chi connectivity index (χ4n) is 2.13. The lowest BCUT2D eigenvalue weighted by atomic mass is 10.1. The van der Waals surface area contributed by atoms with Crippen molar-refractivity contribution in [3.8, 4) is 17.6 Å². The Hall–Kier alpha value is -2.97. The van der Waals surface area contributed by atoms with E-state index in [9.17, 15) is 10.1 Å². The van der Waals surface area contributed by atoms with Crippen LogP contribution in [0, 0.1) is 11.3 Å². The molecule has 0 unspecified atom stereocenters. The summed E-state index contributed by atoms with van der Waals surface area (Å²) < 4.78 is 10.7. The van der Waals surface area contributed by atoms with Crippen molar-refractivity contribution in [2.75, 3.05) is 19.0 Å². The molecule has 2 aromatic rings. The molecule has 0 fully saturated rings. The van der Waals surface area contributed by atoms with Crippen LogP contribution in [0.1, 0.15) is 12.5 Å². The van der Waals surface area contributed by atoms with Gasteiger partial charge in [0, 0.05) is 10.7 Å². The fourth-order valence-corrected chi connectivity index (χ4v) is 2.32. The number of methoxy groups -OCH3 is 1. The van der Waals surface area contributed by atoms with Gasteiger partial charge in [-0.15, -0.1) is 0 Å². The van der Waals surface area contributed by atoms with Crippen LogP contribution in [0.5, 0.6) is 11.5 Å². The molecule has 0 aromatic heterocycles. The molecule has 0 spiro atoms. The topological polar surface area (TPSA) is 71.3 Å². The van der Waals surface area contributed by atoms with E-state index in [0.29, 0.717) is 34.4 Å². The molecule has 0 aliphatic heterocycles. The number of carbonyl (C=O) groups is 1. The molecular weight excluding hydrogens is 340 g/mol. The molecule has 6 heteroatoms. The van der Waals surface area contributed by atoms with E-state index in [-0.39, 0.29) is 5.57 Å². The fraction of sp³-hybridized carbons (Fsp3) is 0.158. The van der Waals surface area contributed by atoms with Crippen LogP contribution in [0.3, 0.4) is 0 Å². The van der Waals surface area contributed by atoms with Crippen LogP contribution in [0.15, 0.2) is 48.0 Å². The predicted octanol–water partition coefficient (Wildman–Crippen LogP) is 4.29. The lowest BCUT2D eigenvalue weighted by Crippen LogP contribution is -2.13. The second-order valence-corrected chi connectivity index (χ2v) is 5.41. The molecule has 2 rings (SSSR count). The molecule has 2 aromatic carbocycles. The Bertz CT molecular complexity index is 841. The maximum absolute atomic E-state index is 12.3. The zero-order valence-electron chi connectivity index (χ0n) is 13.9. The lowest BCUT2D eigenvalue weighted by Gasteiger charge is -2.10. The van der Waals surface area contributed by atoms with Gasteiger partial charge in [-0.1, -0.05) is 23.7 Å². The van der Waals surface area contributed by atoms with E-state index >= 15 is 0 Å². The molecule has 5 nitrogen and oxygen atoms in total. The summed E-state index contributed by atoms with van der Waals surface area (Å²) in [4.78, 5) is 12.3. The van der Waals surface area contributed by atoms with Crippen LogP contribution in [0.4, 0.5) is 5.69 Å². The summed E-state index contributed by atoms with van der Waals surface area (Å²) in [5.74, 6) is 0.616. The molecule has 0 radical (unpaired) electrons. The number of hydrogen-bond acceptors (Lipinski definition) is 4. The van der Waals surface area contributed by atoms with Crippen LogP contribution < -0.4 is 14.8 Å². The van der Waals surface area contributed by atoms with Crippen molar-refractivity contribution in [2.45, 2.75) is 6.92 Å². The van der Waals surface area contributed by atoms with Crippen molar-refractivity contribution in [2.24, 2.45) is 0 Å². The van der Waals surface area contributed by atoms with Crippen LogP contribution in [-0.4, -0.2) is 19.6 Å². The Morgan fingerprint density at radius 3 is 2.72 bits per heavy atom. The first-order valence-corrected chi connectivity index (χ1v) is 7.94. The molecule has 1 amide bonds. The van der Waals surface area contributed by atoms with E-state index in [1.54, 1.807) is 42.5 Å². The second-order valence-electron chi connectivity index (χ2n) is 4.98. The average molecular weight is 357 g/mol. The summed E-state index contributed by atoms with van der Waals surface area (Å²) in [5, 5.41) is 12.4. The lowest BCUT2D eigenvalue weighted by molar-refractivity contribution is -0.112. The number of amides is 1. The molecule has 25 heavy (non-hydrogen) atoms. The minimum atomic E-state index is -0.516. The summed E-state index contributed by atoms with van der Waals surface area (Å²) in [5.41, 5.74) is 1.13. The summed E-state index contributed by atoms with van der Waals surface area (Å²) in [6.07, 6.45) is 1.48. The zero-order valence-corrected chi connectivity index (χ0v) is 14.6. The number of halogens is 1. The normalized spacial score (nSPS) is 10.7. The molecule has 0 saturated carbocycles. The zero-order chi connectivity index (χ0) is 18.2. The van der Waals surface area contributed by atoms with Gasteiger partial charge in [-0.25, -0.2) is 0 Å². The number of ether oxygens (including phenoxy) is 2. The standard InChI is InChI=1S/C19H17ClN2O3/c1-3-25-17-8-7-13(10-18(17)24-2)9-14(12-21)19(23)22-16-6-4-5-15(20)11-16/h4-11H,3H2,1-2H3,(H,22,23)/b14-9+. The van der Waals surface area contributed by atoms with Crippen LogP contribution in [-0.2, 0) is 4.79 Å². The van der Waals surface area contributed by atoms with Crippen LogP contribution in [0.2, 0.25) is 5.02 Å². The third-order valence-corrected chi connectivity index (χ3v) is 3.48. The highest BCUT2D eigenvalue weighted by Gasteiger charge is 2.11. The second kappa shape index (κ2) is 8.76. The summed E-state index contributed by atoms with van der Waals surface area (Å²) in [6.45, 7) is 2.39. The third kappa shape index (κ3) is 5.00. The predicted molar refractivity (Wildman–Crippen MR) is 97.8 cm³/mol. The molecule has 0 aliphatic carbocycles. The van der Waals surface area contributed by atoms with Gasteiger partial charge < -0.3 is 14.8 Å².